The maximum absolute atomic E-state index is 14.2. The van der Waals surface area contributed by atoms with Crippen LogP contribution in [0.5, 0.6) is 0 Å². The summed E-state index contributed by atoms with van der Waals surface area (Å²) in [6.07, 6.45) is 0. The van der Waals surface area contributed by atoms with E-state index in [0.717, 1.165) is 27.6 Å². The van der Waals surface area contributed by atoms with Crippen LogP contribution in [0, 0.1) is 11.6 Å². The largest absolute Gasteiger partial charge is 0.354 e. The van der Waals surface area contributed by atoms with Crippen LogP contribution in [0.15, 0.2) is 62.9 Å². The van der Waals surface area contributed by atoms with E-state index in [2.05, 4.69) is 26.3 Å². The van der Waals surface area contributed by atoms with Gasteiger partial charge in [-0.2, -0.15) is 5.10 Å². The number of benzene rings is 2. The third-order valence-corrected chi connectivity index (χ3v) is 4.77. The predicted molar refractivity (Wildman–Crippen MR) is 95.1 cm³/mol. The lowest BCUT2D eigenvalue weighted by molar-refractivity contribution is 0.0957. The van der Waals surface area contributed by atoms with Crippen LogP contribution in [0.3, 0.4) is 0 Å². The molecule has 0 aliphatic rings. The number of carbonyl (C=O) groups excluding carboxylic acids is 1. The first-order chi connectivity index (χ1) is 12.0. The summed E-state index contributed by atoms with van der Waals surface area (Å²) in [6.45, 7) is 0. The Morgan fingerprint density at radius 3 is 2.72 bits per heavy atom. The molecule has 25 heavy (non-hydrogen) atoms. The number of amides is 1. The lowest BCUT2D eigenvalue weighted by atomic mass is 10.3. The second-order valence-corrected chi connectivity index (χ2v) is 7.02. The zero-order valence-corrected chi connectivity index (χ0v) is 15.4. The Morgan fingerprint density at radius 2 is 2.00 bits per heavy atom. The van der Waals surface area contributed by atoms with Crippen LogP contribution >= 0.6 is 27.7 Å². The van der Waals surface area contributed by atoms with Gasteiger partial charge in [0, 0.05) is 28.5 Å². The highest BCUT2D eigenvalue weighted by Gasteiger charge is 2.18. The fraction of sp³-hybridized carbons (Fsp3) is 0.0588. The van der Waals surface area contributed by atoms with Gasteiger partial charge in [-0.1, -0.05) is 33.8 Å². The molecule has 2 aromatic carbocycles. The second kappa shape index (κ2) is 7.37. The van der Waals surface area contributed by atoms with Gasteiger partial charge in [-0.05, 0) is 30.3 Å². The van der Waals surface area contributed by atoms with Gasteiger partial charge in [-0.25, -0.2) is 13.5 Å². The first-order valence-corrected chi connectivity index (χ1v) is 8.80. The topological polar surface area (TPSA) is 46.9 Å². The third-order valence-electron chi connectivity index (χ3n) is 3.29. The maximum Gasteiger partial charge on any atom is 0.271 e. The number of aromatic nitrogens is 2. The normalized spacial score (nSPS) is 10.7. The Morgan fingerprint density at radius 1 is 1.20 bits per heavy atom. The molecule has 128 valence electrons. The van der Waals surface area contributed by atoms with Crippen LogP contribution in [0.25, 0.3) is 5.69 Å². The van der Waals surface area contributed by atoms with Crippen LogP contribution < -0.4 is 5.32 Å². The molecular formula is C17H12BrF2N3OS. The maximum atomic E-state index is 14.2. The van der Waals surface area contributed by atoms with Crippen molar-refractivity contribution < 1.29 is 13.6 Å². The van der Waals surface area contributed by atoms with Crippen molar-refractivity contribution in [2.45, 2.75) is 9.92 Å². The van der Waals surface area contributed by atoms with Crippen molar-refractivity contribution >= 4 is 33.6 Å². The highest BCUT2D eigenvalue weighted by molar-refractivity contribution is 9.10. The molecule has 1 aromatic heterocycles. The second-order valence-electron chi connectivity index (χ2n) is 5.01. The summed E-state index contributed by atoms with van der Waals surface area (Å²) < 4.78 is 29.9. The summed E-state index contributed by atoms with van der Waals surface area (Å²) in [5.74, 6) is -1.64. The van der Waals surface area contributed by atoms with E-state index >= 15 is 0 Å². The number of hydrogen-bond donors (Lipinski definition) is 1. The molecule has 1 amide bonds. The predicted octanol–water partition coefficient (Wildman–Crippen LogP) is 4.42. The van der Waals surface area contributed by atoms with Gasteiger partial charge in [0.25, 0.3) is 5.91 Å². The Kier molecular flexibility index (Phi) is 5.19. The number of carbonyl (C=O) groups is 1. The summed E-state index contributed by atoms with van der Waals surface area (Å²) >= 11 is 4.68. The molecule has 1 N–H and O–H groups in total. The Labute approximate surface area is 155 Å². The number of nitrogens with one attached hydrogen (secondary N) is 1. The van der Waals surface area contributed by atoms with Crippen molar-refractivity contribution in [3.63, 3.8) is 0 Å². The zero-order valence-electron chi connectivity index (χ0n) is 13.0. The van der Waals surface area contributed by atoms with Gasteiger partial charge in [0.15, 0.2) is 5.69 Å². The van der Waals surface area contributed by atoms with Gasteiger partial charge in [0.05, 0.1) is 0 Å². The van der Waals surface area contributed by atoms with Crippen molar-refractivity contribution in [1.82, 2.24) is 15.1 Å². The fourth-order valence-corrected chi connectivity index (χ4v) is 3.67. The minimum atomic E-state index is -0.635. The molecule has 0 fully saturated rings. The molecule has 0 unspecified atom stereocenters. The molecule has 3 aromatic rings. The smallest absolute Gasteiger partial charge is 0.271 e. The Balaban J connectivity index is 2.11. The molecule has 3 rings (SSSR count). The third kappa shape index (κ3) is 3.91. The number of hydrogen-bond acceptors (Lipinski definition) is 3. The van der Waals surface area contributed by atoms with Crippen LogP contribution in [-0.2, 0) is 0 Å². The van der Waals surface area contributed by atoms with Crippen LogP contribution in [0.4, 0.5) is 8.78 Å². The quantitative estimate of drug-likeness (QED) is 0.675. The SMILES string of the molecule is CNC(=O)c1cc(Sc2cccc(Br)c2)n(-c2cc(F)ccc2F)n1. The van der Waals surface area contributed by atoms with E-state index in [0.29, 0.717) is 5.03 Å². The molecular weight excluding hydrogens is 412 g/mol. The number of halogens is 3. The number of rotatable bonds is 4. The summed E-state index contributed by atoms with van der Waals surface area (Å²) in [6, 6.07) is 12.1. The zero-order chi connectivity index (χ0) is 18.0. The summed E-state index contributed by atoms with van der Waals surface area (Å²) in [7, 11) is 1.48. The lowest BCUT2D eigenvalue weighted by Gasteiger charge is -2.08. The van der Waals surface area contributed by atoms with Gasteiger partial charge in [0.2, 0.25) is 0 Å². The van der Waals surface area contributed by atoms with Crippen LogP contribution in [0.1, 0.15) is 10.5 Å². The molecule has 4 nitrogen and oxygen atoms in total. The highest BCUT2D eigenvalue weighted by atomic mass is 79.9. The molecule has 0 bridgehead atoms. The van der Waals surface area contributed by atoms with E-state index in [9.17, 15) is 13.6 Å². The molecule has 1 heterocycles. The van der Waals surface area contributed by atoms with Crippen LogP contribution in [0.2, 0.25) is 0 Å². The molecule has 0 spiro atoms. The van der Waals surface area contributed by atoms with Crippen molar-refractivity contribution in [3.05, 3.63) is 70.3 Å². The van der Waals surface area contributed by atoms with E-state index < -0.39 is 17.5 Å². The molecule has 8 heteroatoms. The minimum Gasteiger partial charge on any atom is -0.354 e. The molecule has 0 aliphatic carbocycles. The molecule has 0 saturated heterocycles. The minimum absolute atomic E-state index is 0.0624. The Hall–Kier alpha value is -2.19. The molecule has 0 aliphatic heterocycles. The first-order valence-electron chi connectivity index (χ1n) is 7.19. The van der Waals surface area contributed by atoms with Crippen molar-refractivity contribution in [2.24, 2.45) is 0 Å². The van der Waals surface area contributed by atoms with Gasteiger partial charge >= 0.3 is 0 Å². The van der Waals surface area contributed by atoms with Gasteiger partial charge in [-0.15, -0.1) is 0 Å². The molecule has 0 radical (unpaired) electrons. The van der Waals surface area contributed by atoms with Crippen molar-refractivity contribution in [3.8, 4) is 5.69 Å². The lowest BCUT2D eigenvalue weighted by Crippen LogP contribution is -2.18. The summed E-state index contributed by atoms with van der Waals surface area (Å²) in [5, 5.41) is 7.10. The van der Waals surface area contributed by atoms with E-state index in [1.165, 1.54) is 29.6 Å². The standard InChI is InChI=1S/C17H12BrF2N3OS/c1-21-17(24)14-9-16(25-12-4-2-3-10(18)7-12)23(22-14)15-8-11(19)5-6-13(15)20/h2-9H,1H3,(H,21,24). The first kappa shape index (κ1) is 17.6. The summed E-state index contributed by atoms with van der Waals surface area (Å²) in [5.41, 5.74) is 0.0521. The van der Waals surface area contributed by atoms with Gasteiger partial charge in [-0.3, -0.25) is 4.79 Å². The van der Waals surface area contributed by atoms with Crippen molar-refractivity contribution in [1.29, 1.82) is 0 Å². The Bertz CT molecular complexity index is 945. The van der Waals surface area contributed by atoms with E-state index in [-0.39, 0.29) is 11.4 Å². The van der Waals surface area contributed by atoms with Gasteiger partial charge < -0.3 is 5.32 Å². The molecule has 0 atom stereocenters. The van der Waals surface area contributed by atoms with E-state index in [1.807, 2.05) is 24.3 Å². The average Bonchev–Trinajstić information content (AvgIpc) is 3.00. The highest BCUT2D eigenvalue weighted by Crippen LogP contribution is 2.32. The average molecular weight is 424 g/mol. The molecule has 0 saturated carbocycles. The van der Waals surface area contributed by atoms with Crippen LogP contribution in [-0.4, -0.2) is 22.7 Å². The monoisotopic (exact) mass is 423 g/mol. The van der Waals surface area contributed by atoms with Crippen molar-refractivity contribution in [2.75, 3.05) is 7.05 Å². The number of nitrogens with zero attached hydrogens (tertiary/aromatic N) is 2. The van der Waals surface area contributed by atoms with Gasteiger partial charge in [0.1, 0.15) is 22.3 Å². The summed E-state index contributed by atoms with van der Waals surface area (Å²) in [4.78, 5) is 12.8. The van der Waals surface area contributed by atoms with E-state index in [4.69, 9.17) is 0 Å². The fourth-order valence-electron chi connectivity index (χ4n) is 2.15. The van der Waals surface area contributed by atoms with E-state index in [1.54, 1.807) is 0 Å².